The van der Waals surface area contributed by atoms with Crippen LogP contribution in [0.4, 0.5) is 4.79 Å². The van der Waals surface area contributed by atoms with Gasteiger partial charge in [0.2, 0.25) is 6.04 Å². The summed E-state index contributed by atoms with van der Waals surface area (Å²) < 4.78 is 1.22. The van der Waals surface area contributed by atoms with Crippen LogP contribution in [0.25, 0.3) is 0 Å². The third kappa shape index (κ3) is 1.83. The van der Waals surface area contributed by atoms with Crippen molar-refractivity contribution in [1.82, 2.24) is 9.91 Å². The number of rotatable bonds is 1. The lowest BCUT2D eigenvalue weighted by Gasteiger charge is -2.23. The summed E-state index contributed by atoms with van der Waals surface area (Å²) >= 11 is 0. The Hall–Kier alpha value is -2.90. The van der Waals surface area contributed by atoms with E-state index < -0.39 is 23.9 Å². The molecule has 2 heterocycles. The van der Waals surface area contributed by atoms with Crippen LogP contribution in [-0.4, -0.2) is 58.3 Å². The number of nitrogens with zero attached hydrogens (tertiary/aromatic N) is 5. The van der Waals surface area contributed by atoms with E-state index in [4.69, 9.17) is 0 Å². The Morgan fingerprint density at radius 1 is 1.24 bits per heavy atom. The number of urea groups is 1. The molecular weight excluding hydrogens is 274 g/mol. The lowest BCUT2D eigenvalue weighted by molar-refractivity contribution is -0.406. The topological polar surface area (TPSA) is 85.4 Å². The predicted octanol–water partition coefficient (Wildman–Crippen LogP) is 0.511. The van der Waals surface area contributed by atoms with Crippen molar-refractivity contribution < 1.29 is 19.0 Å². The Morgan fingerprint density at radius 2 is 1.90 bits per heavy atom. The summed E-state index contributed by atoms with van der Waals surface area (Å²) in [6.07, 6.45) is 0. The normalized spacial score (nSPS) is 21.1. The molecule has 0 N–H and O–H groups in total. The zero-order chi connectivity index (χ0) is 15.1. The van der Waals surface area contributed by atoms with Crippen molar-refractivity contribution in [2.45, 2.75) is 6.04 Å². The van der Waals surface area contributed by atoms with Gasteiger partial charge in [-0.2, -0.15) is 14.5 Å². The van der Waals surface area contributed by atoms with Crippen molar-refractivity contribution in [2.75, 3.05) is 14.1 Å². The summed E-state index contributed by atoms with van der Waals surface area (Å²) in [5, 5.41) is 8.57. The van der Waals surface area contributed by atoms with Crippen LogP contribution >= 0.6 is 0 Å². The minimum absolute atomic E-state index is 0.160. The Balaban J connectivity index is 2.01. The molecule has 1 aromatic rings. The van der Waals surface area contributed by atoms with Crippen LogP contribution in [0.3, 0.4) is 0 Å². The Bertz CT molecular complexity index is 710. The predicted molar refractivity (Wildman–Crippen MR) is 70.6 cm³/mol. The second-order valence-corrected chi connectivity index (χ2v) is 4.70. The number of carbonyl (C=O) groups is 3. The molecule has 8 heteroatoms. The van der Waals surface area contributed by atoms with Crippen molar-refractivity contribution in [2.24, 2.45) is 10.3 Å². The molecule has 106 valence electrons. The third-order valence-corrected chi connectivity index (χ3v) is 3.44. The van der Waals surface area contributed by atoms with E-state index in [0.29, 0.717) is 5.56 Å². The first kappa shape index (κ1) is 13.1. The van der Waals surface area contributed by atoms with Crippen molar-refractivity contribution in [1.29, 1.82) is 0 Å². The van der Waals surface area contributed by atoms with Gasteiger partial charge >= 0.3 is 17.8 Å². The lowest BCUT2D eigenvalue weighted by Crippen LogP contribution is -2.58. The number of carbonyl (C=O) groups excluding carboxylic acids is 3. The summed E-state index contributed by atoms with van der Waals surface area (Å²) in [7, 11) is 2.85. The second kappa shape index (κ2) is 4.58. The van der Waals surface area contributed by atoms with Crippen LogP contribution in [0, 0.1) is 0 Å². The molecule has 3 rings (SSSR count). The number of imide groups is 1. The highest BCUT2D eigenvalue weighted by atomic mass is 16.2. The first-order valence-electron chi connectivity index (χ1n) is 6.24. The molecule has 1 aromatic carbocycles. The van der Waals surface area contributed by atoms with Gasteiger partial charge in [-0.15, -0.1) is 0 Å². The monoisotopic (exact) mass is 286 g/mol. The fourth-order valence-electron chi connectivity index (χ4n) is 2.25. The highest BCUT2D eigenvalue weighted by Gasteiger charge is 2.53. The quantitative estimate of drug-likeness (QED) is 0.705. The van der Waals surface area contributed by atoms with E-state index in [0.717, 1.165) is 9.91 Å². The molecule has 0 aliphatic carbocycles. The van der Waals surface area contributed by atoms with E-state index in [1.165, 1.54) is 18.7 Å². The molecule has 21 heavy (non-hydrogen) atoms. The van der Waals surface area contributed by atoms with Crippen molar-refractivity contribution in [3.8, 4) is 0 Å². The first-order valence-corrected chi connectivity index (χ1v) is 6.24. The van der Waals surface area contributed by atoms with Crippen LogP contribution in [-0.2, 0) is 4.79 Å². The number of hydrogen-bond acceptors (Lipinski definition) is 5. The maximum absolute atomic E-state index is 12.4. The van der Waals surface area contributed by atoms with E-state index in [-0.39, 0.29) is 5.84 Å². The molecular formula is C13H12N5O3+. The lowest BCUT2D eigenvalue weighted by atomic mass is 10.1. The van der Waals surface area contributed by atoms with E-state index in [9.17, 15) is 14.4 Å². The molecule has 0 spiro atoms. The van der Waals surface area contributed by atoms with E-state index >= 15 is 0 Å². The van der Waals surface area contributed by atoms with Gasteiger partial charge < -0.3 is 0 Å². The largest absolute Gasteiger partial charge is 0.445 e. The van der Waals surface area contributed by atoms with Gasteiger partial charge in [0, 0.05) is 15.9 Å². The number of benzene rings is 1. The number of amidine groups is 1. The van der Waals surface area contributed by atoms with E-state index in [1.807, 2.05) is 0 Å². The first-order chi connectivity index (χ1) is 10.0. The van der Waals surface area contributed by atoms with Gasteiger partial charge in [0.25, 0.3) is 5.91 Å². The molecule has 0 aromatic heterocycles. The smallest absolute Gasteiger partial charge is 0.267 e. The zero-order valence-electron chi connectivity index (χ0n) is 11.4. The summed E-state index contributed by atoms with van der Waals surface area (Å²) in [6, 6.07) is 6.98. The third-order valence-electron chi connectivity index (χ3n) is 3.44. The molecule has 0 bridgehead atoms. The van der Waals surface area contributed by atoms with Gasteiger partial charge in [-0.3, -0.25) is 9.59 Å². The Kier molecular flexibility index (Phi) is 2.86. The standard InChI is InChI=1S/C13H12N5O3/c1-16-10-9(12(20)17(2)13(16)21)18(15-14-10)11(19)8-6-4-3-5-7-8/h3-7,9H,1-2H3/q+1. The van der Waals surface area contributed by atoms with Gasteiger partial charge in [-0.1, -0.05) is 18.2 Å². The molecule has 1 unspecified atom stereocenters. The van der Waals surface area contributed by atoms with Crippen LogP contribution in [0.5, 0.6) is 0 Å². The van der Waals surface area contributed by atoms with Crippen molar-refractivity contribution in [3.05, 3.63) is 35.9 Å². The van der Waals surface area contributed by atoms with Crippen LogP contribution in [0.1, 0.15) is 10.4 Å². The van der Waals surface area contributed by atoms with Crippen molar-refractivity contribution >= 4 is 23.7 Å². The van der Waals surface area contributed by atoms with E-state index in [2.05, 4.69) is 10.3 Å². The molecule has 0 radical (unpaired) electrons. The van der Waals surface area contributed by atoms with Crippen LogP contribution in [0.2, 0.25) is 0 Å². The Labute approximate surface area is 120 Å². The van der Waals surface area contributed by atoms with Gasteiger partial charge in [0.05, 0.1) is 14.1 Å². The molecule has 0 saturated heterocycles. The minimum atomic E-state index is -0.995. The highest BCUT2D eigenvalue weighted by Crippen LogP contribution is 2.21. The van der Waals surface area contributed by atoms with Gasteiger partial charge in [-0.25, -0.2) is 4.79 Å². The molecule has 2 aliphatic rings. The average molecular weight is 286 g/mol. The SMILES string of the molecule is CN1C(=O)C2C(=[N+](C)C1=O)N=NN2C(=O)c1ccccc1. The van der Waals surface area contributed by atoms with E-state index in [1.54, 1.807) is 30.3 Å². The second-order valence-electron chi connectivity index (χ2n) is 4.70. The molecule has 4 amide bonds. The maximum Gasteiger partial charge on any atom is 0.445 e. The minimum Gasteiger partial charge on any atom is -0.267 e. The average Bonchev–Trinajstić information content (AvgIpc) is 2.96. The van der Waals surface area contributed by atoms with Crippen molar-refractivity contribution in [3.63, 3.8) is 0 Å². The number of fused-ring (bicyclic) bond motifs is 1. The molecule has 2 aliphatic heterocycles. The molecule has 0 saturated carbocycles. The van der Waals surface area contributed by atoms with Crippen LogP contribution < -0.4 is 0 Å². The fourth-order valence-corrected chi connectivity index (χ4v) is 2.25. The van der Waals surface area contributed by atoms with Gasteiger partial charge in [0.15, 0.2) is 0 Å². The zero-order valence-corrected chi connectivity index (χ0v) is 11.4. The fraction of sp³-hybridized carbons (Fsp3) is 0.231. The highest BCUT2D eigenvalue weighted by molar-refractivity contribution is 6.16. The number of hydrogen-bond donors (Lipinski definition) is 0. The molecule has 1 atom stereocenters. The summed E-state index contributed by atoms with van der Waals surface area (Å²) in [6.45, 7) is 0. The van der Waals surface area contributed by atoms with Crippen LogP contribution in [0.15, 0.2) is 40.7 Å². The summed E-state index contributed by atoms with van der Waals surface area (Å²) in [4.78, 5) is 37.5. The number of likely N-dealkylation sites (N-methyl/N-ethyl adjacent to an activating group) is 1. The Morgan fingerprint density at radius 3 is 2.57 bits per heavy atom. The summed E-state index contributed by atoms with van der Waals surface area (Å²) in [5.41, 5.74) is 0.396. The molecule has 8 nitrogen and oxygen atoms in total. The maximum atomic E-state index is 12.4. The summed E-state index contributed by atoms with van der Waals surface area (Å²) in [5.74, 6) is -0.807. The van der Waals surface area contributed by atoms with Gasteiger partial charge in [-0.05, 0) is 12.1 Å². The van der Waals surface area contributed by atoms with Gasteiger partial charge in [0.1, 0.15) is 0 Å². The molecule has 0 fully saturated rings. The number of amides is 4.